The summed E-state index contributed by atoms with van der Waals surface area (Å²) in [6.45, 7) is 1.88. The number of nitrogens with one attached hydrogen (secondary N) is 2. The highest BCUT2D eigenvalue weighted by atomic mass is 35.5. The molecule has 0 aromatic heterocycles. The Morgan fingerprint density at radius 2 is 1.95 bits per heavy atom. The molecule has 22 heavy (non-hydrogen) atoms. The Labute approximate surface area is 139 Å². The largest absolute Gasteiger partial charge is 0.380 e. The van der Waals surface area contributed by atoms with Crippen LogP contribution in [0.25, 0.3) is 0 Å². The second-order valence-corrected chi connectivity index (χ2v) is 6.18. The maximum Gasteiger partial charge on any atom is 0.196 e. The van der Waals surface area contributed by atoms with Crippen LogP contribution in [0.15, 0.2) is 42.5 Å². The van der Waals surface area contributed by atoms with E-state index in [2.05, 4.69) is 10.6 Å². The molecule has 0 radical (unpaired) electrons. The van der Waals surface area contributed by atoms with Crippen molar-refractivity contribution in [1.29, 1.82) is 0 Å². The minimum atomic E-state index is -0.124. The first-order valence-corrected chi connectivity index (χ1v) is 7.97. The van der Waals surface area contributed by atoms with E-state index in [0.29, 0.717) is 27.2 Å². The van der Waals surface area contributed by atoms with Crippen molar-refractivity contribution in [2.45, 2.75) is 12.5 Å². The SMILES string of the molecule is O=C(c1ccccc1Cl)c1cc(Cl)ccc1NC1CCNC1. The molecule has 0 spiro atoms. The molecule has 114 valence electrons. The number of hydrogen-bond acceptors (Lipinski definition) is 3. The lowest BCUT2D eigenvalue weighted by molar-refractivity contribution is 0.103. The van der Waals surface area contributed by atoms with Crippen molar-refractivity contribution in [3.8, 4) is 0 Å². The summed E-state index contributed by atoms with van der Waals surface area (Å²) >= 11 is 12.2. The van der Waals surface area contributed by atoms with Gasteiger partial charge in [0, 0.05) is 34.4 Å². The Balaban J connectivity index is 1.96. The van der Waals surface area contributed by atoms with Crippen LogP contribution in [-0.4, -0.2) is 24.9 Å². The minimum Gasteiger partial charge on any atom is -0.380 e. The summed E-state index contributed by atoms with van der Waals surface area (Å²) in [6.07, 6.45) is 1.03. The molecular formula is C17H16Cl2N2O. The summed E-state index contributed by atoms with van der Waals surface area (Å²) in [6, 6.07) is 12.7. The van der Waals surface area contributed by atoms with Crippen molar-refractivity contribution in [3.05, 3.63) is 63.6 Å². The molecule has 0 bridgehead atoms. The zero-order valence-electron chi connectivity index (χ0n) is 11.9. The zero-order chi connectivity index (χ0) is 15.5. The first-order valence-electron chi connectivity index (χ1n) is 7.21. The van der Waals surface area contributed by atoms with Crippen LogP contribution in [0, 0.1) is 0 Å². The summed E-state index contributed by atoms with van der Waals surface area (Å²) in [4.78, 5) is 12.8. The molecule has 1 heterocycles. The molecule has 2 aromatic carbocycles. The Kier molecular flexibility index (Phi) is 4.67. The van der Waals surface area contributed by atoms with Crippen LogP contribution in [0.5, 0.6) is 0 Å². The molecule has 0 amide bonds. The number of ketones is 1. The second kappa shape index (κ2) is 6.69. The number of anilines is 1. The molecule has 1 aliphatic heterocycles. The lowest BCUT2D eigenvalue weighted by Crippen LogP contribution is -2.23. The van der Waals surface area contributed by atoms with E-state index in [1.54, 1.807) is 36.4 Å². The average Bonchev–Trinajstić information content (AvgIpc) is 3.02. The fourth-order valence-corrected chi connectivity index (χ4v) is 3.01. The van der Waals surface area contributed by atoms with Crippen LogP contribution in [0.3, 0.4) is 0 Å². The van der Waals surface area contributed by atoms with Gasteiger partial charge in [-0.15, -0.1) is 0 Å². The van der Waals surface area contributed by atoms with Gasteiger partial charge in [0.15, 0.2) is 5.78 Å². The molecule has 1 unspecified atom stereocenters. The number of benzene rings is 2. The van der Waals surface area contributed by atoms with Crippen LogP contribution < -0.4 is 10.6 Å². The molecule has 0 aliphatic carbocycles. The highest BCUT2D eigenvalue weighted by molar-refractivity contribution is 6.35. The summed E-state index contributed by atoms with van der Waals surface area (Å²) in [5, 5.41) is 7.70. The van der Waals surface area contributed by atoms with Gasteiger partial charge in [0.2, 0.25) is 0 Å². The van der Waals surface area contributed by atoms with Crippen molar-refractivity contribution in [1.82, 2.24) is 5.32 Å². The molecule has 3 rings (SSSR count). The molecule has 2 aromatic rings. The van der Waals surface area contributed by atoms with Crippen LogP contribution in [-0.2, 0) is 0 Å². The van der Waals surface area contributed by atoms with E-state index >= 15 is 0 Å². The normalized spacial score (nSPS) is 17.5. The summed E-state index contributed by atoms with van der Waals surface area (Å²) in [7, 11) is 0. The van der Waals surface area contributed by atoms with Gasteiger partial charge in [-0.25, -0.2) is 0 Å². The van der Waals surface area contributed by atoms with E-state index in [9.17, 15) is 4.79 Å². The monoisotopic (exact) mass is 334 g/mol. The first kappa shape index (κ1) is 15.3. The third kappa shape index (κ3) is 3.27. The van der Waals surface area contributed by atoms with Gasteiger partial charge in [0.25, 0.3) is 0 Å². The molecule has 1 fully saturated rings. The maximum atomic E-state index is 12.8. The molecule has 1 aliphatic rings. The lowest BCUT2D eigenvalue weighted by atomic mass is 10.0. The van der Waals surface area contributed by atoms with Gasteiger partial charge in [0.1, 0.15) is 0 Å². The predicted molar refractivity (Wildman–Crippen MR) is 91.2 cm³/mol. The summed E-state index contributed by atoms with van der Waals surface area (Å²) < 4.78 is 0. The van der Waals surface area contributed by atoms with E-state index in [4.69, 9.17) is 23.2 Å². The number of carbonyl (C=O) groups is 1. The van der Waals surface area contributed by atoms with E-state index in [1.165, 1.54) is 0 Å². The molecule has 1 atom stereocenters. The Morgan fingerprint density at radius 1 is 1.14 bits per heavy atom. The van der Waals surface area contributed by atoms with Gasteiger partial charge >= 0.3 is 0 Å². The van der Waals surface area contributed by atoms with Crippen molar-refractivity contribution >= 4 is 34.7 Å². The Morgan fingerprint density at radius 3 is 2.68 bits per heavy atom. The van der Waals surface area contributed by atoms with Crippen molar-refractivity contribution in [3.63, 3.8) is 0 Å². The van der Waals surface area contributed by atoms with Gasteiger partial charge in [-0.3, -0.25) is 4.79 Å². The predicted octanol–water partition coefficient (Wildman–Crippen LogP) is 4.00. The van der Waals surface area contributed by atoms with Crippen molar-refractivity contribution in [2.75, 3.05) is 18.4 Å². The molecule has 3 nitrogen and oxygen atoms in total. The van der Waals surface area contributed by atoms with Crippen LogP contribution in [0.4, 0.5) is 5.69 Å². The fourth-order valence-electron chi connectivity index (χ4n) is 2.62. The Bertz CT molecular complexity index is 697. The maximum absolute atomic E-state index is 12.8. The van der Waals surface area contributed by atoms with Crippen LogP contribution >= 0.6 is 23.2 Å². The van der Waals surface area contributed by atoms with Gasteiger partial charge in [0.05, 0.1) is 5.02 Å². The zero-order valence-corrected chi connectivity index (χ0v) is 13.4. The smallest absolute Gasteiger partial charge is 0.196 e. The molecule has 2 N–H and O–H groups in total. The van der Waals surface area contributed by atoms with Gasteiger partial charge in [-0.2, -0.15) is 0 Å². The first-order chi connectivity index (χ1) is 10.6. The highest BCUT2D eigenvalue weighted by Gasteiger charge is 2.20. The van der Waals surface area contributed by atoms with E-state index in [-0.39, 0.29) is 5.78 Å². The third-order valence-corrected chi connectivity index (χ3v) is 4.33. The highest BCUT2D eigenvalue weighted by Crippen LogP contribution is 2.27. The van der Waals surface area contributed by atoms with Gasteiger partial charge in [-0.05, 0) is 43.3 Å². The van der Waals surface area contributed by atoms with Crippen LogP contribution in [0.1, 0.15) is 22.3 Å². The minimum absolute atomic E-state index is 0.124. The van der Waals surface area contributed by atoms with Gasteiger partial charge < -0.3 is 10.6 Å². The van der Waals surface area contributed by atoms with Crippen LogP contribution in [0.2, 0.25) is 10.0 Å². The molecule has 5 heteroatoms. The standard InChI is InChI=1S/C17H16Cl2N2O/c18-11-5-6-16(21-12-7-8-20-10-12)14(9-11)17(22)13-3-1-2-4-15(13)19/h1-6,9,12,20-21H,7-8,10H2. The van der Waals surface area contributed by atoms with Crippen molar-refractivity contribution in [2.24, 2.45) is 0 Å². The molecular weight excluding hydrogens is 319 g/mol. The molecule has 0 saturated carbocycles. The van der Waals surface area contributed by atoms with E-state index < -0.39 is 0 Å². The van der Waals surface area contributed by atoms with E-state index in [1.807, 2.05) is 6.07 Å². The average molecular weight is 335 g/mol. The fraction of sp³-hybridized carbons (Fsp3) is 0.235. The third-order valence-electron chi connectivity index (χ3n) is 3.76. The van der Waals surface area contributed by atoms with E-state index in [0.717, 1.165) is 25.2 Å². The molecule has 1 saturated heterocycles. The summed E-state index contributed by atoms with van der Waals surface area (Å²) in [5.74, 6) is -0.124. The van der Waals surface area contributed by atoms with Gasteiger partial charge in [-0.1, -0.05) is 35.3 Å². The lowest BCUT2D eigenvalue weighted by Gasteiger charge is -2.17. The number of carbonyl (C=O) groups excluding carboxylic acids is 1. The van der Waals surface area contributed by atoms with Crippen molar-refractivity contribution < 1.29 is 4.79 Å². The topological polar surface area (TPSA) is 41.1 Å². The quantitative estimate of drug-likeness (QED) is 0.830. The summed E-state index contributed by atoms with van der Waals surface area (Å²) in [5.41, 5.74) is 1.83. The number of halogens is 2. The second-order valence-electron chi connectivity index (χ2n) is 5.33. The Hall–Kier alpha value is -1.55. The number of hydrogen-bond donors (Lipinski definition) is 2. The number of rotatable bonds is 4.